The molecule has 132 valence electrons. The Kier molecular flexibility index (Phi) is 5.05. The molecule has 0 atom stereocenters. The van der Waals surface area contributed by atoms with Gasteiger partial charge in [0.15, 0.2) is 0 Å². The average Bonchev–Trinajstić information content (AvgIpc) is 2.63. The van der Waals surface area contributed by atoms with E-state index in [2.05, 4.69) is 80.7 Å². The summed E-state index contributed by atoms with van der Waals surface area (Å²) in [5, 5.41) is 2.00. The molecule has 0 aliphatic carbocycles. The van der Waals surface area contributed by atoms with E-state index in [1.807, 2.05) is 5.06 Å². The predicted octanol–water partition coefficient (Wildman–Crippen LogP) is 3.13. The van der Waals surface area contributed by atoms with E-state index in [-0.39, 0.29) is 0 Å². The normalized spacial score (nSPS) is 18.1. The molecule has 0 aromatic heterocycles. The highest BCUT2D eigenvalue weighted by Crippen LogP contribution is 2.39. The van der Waals surface area contributed by atoms with Gasteiger partial charge in [0.1, 0.15) is 0 Å². The van der Waals surface area contributed by atoms with Gasteiger partial charge in [-0.3, -0.25) is 0 Å². The molecule has 0 spiro atoms. The molecule has 1 fully saturated rings. The highest BCUT2D eigenvalue weighted by Gasteiger charge is 2.23. The lowest BCUT2D eigenvalue weighted by Crippen LogP contribution is -2.47. The SMILES string of the molecule is CN1CCN(ONCN2c3ccccc3Cc3ccc(Br)cc32)CC1. The van der Waals surface area contributed by atoms with E-state index in [0.717, 1.165) is 37.1 Å². The lowest BCUT2D eigenvalue weighted by atomic mass is 9.96. The number of hydroxylamine groups is 3. The largest absolute Gasteiger partial charge is 0.325 e. The number of nitrogens with one attached hydrogen (secondary N) is 1. The van der Waals surface area contributed by atoms with Crippen LogP contribution in [-0.2, 0) is 11.4 Å². The third kappa shape index (κ3) is 3.73. The molecule has 2 aliphatic heterocycles. The number of hydrogen-bond donors (Lipinski definition) is 1. The highest BCUT2D eigenvalue weighted by atomic mass is 79.9. The molecule has 0 saturated carbocycles. The van der Waals surface area contributed by atoms with E-state index >= 15 is 0 Å². The van der Waals surface area contributed by atoms with Gasteiger partial charge >= 0.3 is 0 Å². The Bertz CT molecular complexity index is 746. The van der Waals surface area contributed by atoms with Crippen LogP contribution in [0.3, 0.4) is 0 Å². The summed E-state index contributed by atoms with van der Waals surface area (Å²) >= 11 is 3.60. The van der Waals surface area contributed by atoms with Crippen LogP contribution in [0.4, 0.5) is 11.4 Å². The lowest BCUT2D eigenvalue weighted by molar-refractivity contribution is -0.221. The number of benzene rings is 2. The van der Waals surface area contributed by atoms with E-state index in [4.69, 9.17) is 4.94 Å². The Balaban J connectivity index is 1.49. The molecule has 2 aromatic rings. The molecule has 2 aromatic carbocycles. The third-order valence-corrected chi connectivity index (χ3v) is 5.37. The quantitative estimate of drug-likeness (QED) is 0.793. The van der Waals surface area contributed by atoms with Crippen molar-refractivity contribution in [3.8, 4) is 0 Å². The summed E-state index contributed by atoms with van der Waals surface area (Å²) in [5.41, 5.74) is 8.30. The second-order valence-corrected chi connectivity index (χ2v) is 7.55. The van der Waals surface area contributed by atoms with Gasteiger partial charge in [-0.25, -0.2) is 4.94 Å². The van der Waals surface area contributed by atoms with Gasteiger partial charge < -0.3 is 9.80 Å². The van der Waals surface area contributed by atoms with Crippen molar-refractivity contribution in [1.82, 2.24) is 15.4 Å². The number of rotatable bonds is 4. The molecule has 2 heterocycles. The summed E-state index contributed by atoms with van der Waals surface area (Å²) in [7, 11) is 2.14. The van der Waals surface area contributed by atoms with E-state index in [1.54, 1.807) is 0 Å². The van der Waals surface area contributed by atoms with E-state index in [0.29, 0.717) is 6.67 Å². The van der Waals surface area contributed by atoms with Gasteiger partial charge in [-0.05, 0) is 36.4 Å². The molecule has 1 N–H and O–H groups in total. The van der Waals surface area contributed by atoms with Gasteiger partial charge in [-0.15, -0.1) is 0 Å². The zero-order valence-electron chi connectivity index (χ0n) is 14.4. The van der Waals surface area contributed by atoms with Crippen molar-refractivity contribution >= 4 is 27.3 Å². The van der Waals surface area contributed by atoms with E-state index < -0.39 is 0 Å². The first-order chi connectivity index (χ1) is 12.2. The Morgan fingerprint density at radius 2 is 1.76 bits per heavy atom. The van der Waals surface area contributed by atoms with Gasteiger partial charge in [0.05, 0.1) is 6.67 Å². The smallest absolute Gasteiger partial charge is 0.0983 e. The molecule has 0 amide bonds. The zero-order chi connectivity index (χ0) is 17.2. The van der Waals surface area contributed by atoms with Crippen molar-refractivity contribution in [2.24, 2.45) is 0 Å². The molecule has 5 nitrogen and oxygen atoms in total. The fourth-order valence-electron chi connectivity index (χ4n) is 3.43. The molecule has 2 aliphatic rings. The number of piperazine rings is 1. The fraction of sp³-hybridized carbons (Fsp3) is 0.368. The second-order valence-electron chi connectivity index (χ2n) is 6.63. The number of likely N-dealkylation sites (N-methyl/N-ethyl adjacent to an activating group) is 1. The number of hydrogen-bond acceptors (Lipinski definition) is 5. The van der Waals surface area contributed by atoms with Gasteiger partial charge in [-0.1, -0.05) is 40.2 Å². The Morgan fingerprint density at radius 3 is 2.60 bits per heavy atom. The minimum absolute atomic E-state index is 0.604. The maximum Gasteiger partial charge on any atom is 0.0983 e. The van der Waals surface area contributed by atoms with Gasteiger partial charge in [0, 0.05) is 48.4 Å². The predicted molar refractivity (Wildman–Crippen MR) is 104 cm³/mol. The number of anilines is 2. The topological polar surface area (TPSA) is 31.0 Å². The number of nitrogens with zero attached hydrogens (tertiary/aromatic N) is 3. The summed E-state index contributed by atoms with van der Waals surface area (Å²) in [6.45, 7) is 4.51. The molecular weight excluding hydrogens is 380 g/mol. The van der Waals surface area contributed by atoms with Crippen molar-refractivity contribution in [3.05, 3.63) is 58.1 Å². The summed E-state index contributed by atoms with van der Waals surface area (Å²) < 4.78 is 1.09. The Labute approximate surface area is 157 Å². The van der Waals surface area contributed by atoms with Crippen molar-refractivity contribution in [2.45, 2.75) is 6.42 Å². The van der Waals surface area contributed by atoms with Crippen LogP contribution in [0, 0.1) is 0 Å². The monoisotopic (exact) mass is 402 g/mol. The standard InChI is InChI=1S/C19H23BrN4O/c1-22-8-10-23(11-9-22)25-21-14-24-18-5-3-2-4-15(18)12-16-6-7-17(20)13-19(16)24/h2-7,13,21H,8-12,14H2,1H3. The van der Waals surface area contributed by atoms with E-state index in [9.17, 15) is 0 Å². The molecule has 6 heteroatoms. The summed E-state index contributed by atoms with van der Waals surface area (Å²) in [4.78, 5) is 10.4. The first kappa shape index (κ1) is 17.0. The summed E-state index contributed by atoms with van der Waals surface area (Å²) in [5.74, 6) is 0. The van der Waals surface area contributed by atoms with Crippen LogP contribution >= 0.6 is 15.9 Å². The minimum Gasteiger partial charge on any atom is -0.325 e. The van der Waals surface area contributed by atoms with E-state index in [1.165, 1.54) is 22.5 Å². The summed E-state index contributed by atoms with van der Waals surface area (Å²) in [6, 6.07) is 15.1. The van der Waals surface area contributed by atoms with Crippen molar-refractivity contribution in [3.63, 3.8) is 0 Å². The second kappa shape index (κ2) is 7.43. The van der Waals surface area contributed by atoms with Crippen LogP contribution in [0.2, 0.25) is 0 Å². The van der Waals surface area contributed by atoms with Crippen molar-refractivity contribution < 1.29 is 4.94 Å². The molecular formula is C19H23BrN4O. The van der Waals surface area contributed by atoms with Crippen LogP contribution in [-0.4, -0.2) is 49.9 Å². The van der Waals surface area contributed by atoms with Crippen molar-refractivity contribution in [1.29, 1.82) is 0 Å². The fourth-order valence-corrected chi connectivity index (χ4v) is 3.78. The first-order valence-corrected chi connectivity index (χ1v) is 9.47. The average molecular weight is 403 g/mol. The minimum atomic E-state index is 0.604. The van der Waals surface area contributed by atoms with Crippen molar-refractivity contribution in [2.75, 3.05) is 44.8 Å². The maximum absolute atomic E-state index is 5.80. The Hall–Kier alpha value is -1.44. The zero-order valence-corrected chi connectivity index (χ0v) is 16.0. The summed E-state index contributed by atoms with van der Waals surface area (Å²) in [6.07, 6.45) is 0.967. The van der Waals surface area contributed by atoms with Gasteiger partial charge in [0.25, 0.3) is 0 Å². The molecule has 0 unspecified atom stereocenters. The third-order valence-electron chi connectivity index (χ3n) is 4.88. The van der Waals surface area contributed by atoms with Crippen LogP contribution < -0.4 is 10.4 Å². The molecule has 0 bridgehead atoms. The molecule has 25 heavy (non-hydrogen) atoms. The first-order valence-electron chi connectivity index (χ1n) is 8.68. The van der Waals surface area contributed by atoms with Crippen LogP contribution in [0.5, 0.6) is 0 Å². The molecule has 0 radical (unpaired) electrons. The highest BCUT2D eigenvalue weighted by molar-refractivity contribution is 9.10. The van der Waals surface area contributed by atoms with Crippen LogP contribution in [0.1, 0.15) is 11.1 Å². The number of para-hydroxylation sites is 1. The molecule has 4 rings (SSSR count). The number of halogens is 1. The number of fused-ring (bicyclic) bond motifs is 2. The van der Waals surface area contributed by atoms with Crippen LogP contribution in [0.15, 0.2) is 46.9 Å². The van der Waals surface area contributed by atoms with Gasteiger partial charge in [-0.2, -0.15) is 10.5 Å². The van der Waals surface area contributed by atoms with Crippen LogP contribution in [0.25, 0.3) is 0 Å². The molecule has 1 saturated heterocycles. The maximum atomic E-state index is 5.80. The lowest BCUT2D eigenvalue weighted by Gasteiger charge is -2.35. The Morgan fingerprint density at radius 1 is 1.00 bits per heavy atom. The van der Waals surface area contributed by atoms with Gasteiger partial charge in [0.2, 0.25) is 0 Å².